The zero-order valence-electron chi connectivity index (χ0n) is 12.0. The number of benzene rings is 1. The van der Waals surface area contributed by atoms with Crippen LogP contribution in [0, 0.1) is 11.7 Å². The highest BCUT2D eigenvalue weighted by molar-refractivity contribution is 9.10. The minimum Gasteiger partial charge on any atom is -0.381 e. The van der Waals surface area contributed by atoms with Gasteiger partial charge in [-0.3, -0.25) is 4.99 Å². The van der Waals surface area contributed by atoms with Crippen LogP contribution in [0.1, 0.15) is 18.4 Å². The molecule has 2 aliphatic rings. The van der Waals surface area contributed by atoms with Gasteiger partial charge in [-0.15, -0.1) is 0 Å². The van der Waals surface area contributed by atoms with E-state index in [0.29, 0.717) is 11.5 Å². The molecule has 0 unspecified atom stereocenters. The van der Waals surface area contributed by atoms with Crippen LogP contribution in [0.2, 0.25) is 0 Å². The third-order valence-electron chi connectivity index (χ3n) is 4.43. The number of thioether (sulfide) groups is 1. The van der Waals surface area contributed by atoms with Crippen LogP contribution < -0.4 is 5.32 Å². The molecule has 0 radical (unpaired) electrons. The highest BCUT2D eigenvalue weighted by Crippen LogP contribution is 2.52. The van der Waals surface area contributed by atoms with Gasteiger partial charge in [0.2, 0.25) is 0 Å². The normalized spacial score (nSPS) is 31.7. The lowest BCUT2D eigenvalue weighted by Gasteiger charge is -2.36. The number of hydrogen-bond donors (Lipinski definition) is 1. The van der Waals surface area contributed by atoms with Crippen LogP contribution >= 0.6 is 27.7 Å². The predicted molar refractivity (Wildman–Crippen MR) is 88.3 cm³/mol. The van der Waals surface area contributed by atoms with Gasteiger partial charge in [0, 0.05) is 42.3 Å². The Morgan fingerprint density at radius 3 is 3.05 bits per heavy atom. The van der Waals surface area contributed by atoms with E-state index in [1.54, 1.807) is 24.9 Å². The van der Waals surface area contributed by atoms with Gasteiger partial charge in [0.05, 0.1) is 11.6 Å². The second-order valence-electron chi connectivity index (χ2n) is 5.52. The van der Waals surface area contributed by atoms with Crippen molar-refractivity contribution in [3.63, 3.8) is 0 Å². The average molecular weight is 373 g/mol. The number of rotatable bonds is 2. The Morgan fingerprint density at radius 2 is 2.33 bits per heavy atom. The number of hydrogen-bond acceptors (Lipinski definition) is 4. The number of amidine groups is 1. The summed E-state index contributed by atoms with van der Waals surface area (Å²) in [7, 11) is 3.59. The molecule has 1 saturated carbocycles. The number of nitrogens with one attached hydrogen (secondary N) is 1. The Kier molecular flexibility index (Phi) is 4.30. The van der Waals surface area contributed by atoms with Crippen molar-refractivity contribution in [2.45, 2.75) is 24.5 Å². The molecule has 0 saturated heterocycles. The van der Waals surface area contributed by atoms with E-state index in [2.05, 4.69) is 21.2 Å². The van der Waals surface area contributed by atoms with Gasteiger partial charge in [0.1, 0.15) is 5.82 Å². The first-order valence-electron chi connectivity index (χ1n) is 6.98. The molecule has 6 heteroatoms. The van der Waals surface area contributed by atoms with Crippen molar-refractivity contribution >= 4 is 32.9 Å². The third-order valence-corrected chi connectivity index (χ3v) is 6.06. The van der Waals surface area contributed by atoms with E-state index in [-0.39, 0.29) is 11.9 Å². The molecule has 1 aliphatic carbocycles. The second-order valence-corrected chi connectivity index (χ2v) is 7.45. The van der Waals surface area contributed by atoms with Crippen molar-refractivity contribution in [3.05, 3.63) is 34.1 Å². The fraction of sp³-hybridized carbons (Fsp3) is 0.533. The fourth-order valence-corrected chi connectivity index (χ4v) is 4.88. The van der Waals surface area contributed by atoms with Crippen LogP contribution in [0.3, 0.4) is 0 Å². The first-order chi connectivity index (χ1) is 10.1. The van der Waals surface area contributed by atoms with Crippen molar-refractivity contribution in [1.82, 2.24) is 5.32 Å². The van der Waals surface area contributed by atoms with E-state index < -0.39 is 5.54 Å². The minimum absolute atomic E-state index is 0.133. The smallest absolute Gasteiger partial charge is 0.157 e. The molecule has 1 aromatic rings. The summed E-state index contributed by atoms with van der Waals surface area (Å²) >= 11 is 5.16. The Labute approximate surface area is 136 Å². The molecule has 1 aliphatic heterocycles. The molecule has 3 nitrogen and oxygen atoms in total. The van der Waals surface area contributed by atoms with E-state index in [1.165, 1.54) is 6.07 Å². The van der Waals surface area contributed by atoms with Crippen molar-refractivity contribution in [2.75, 3.05) is 19.9 Å². The monoisotopic (exact) mass is 372 g/mol. The molecular formula is C15H18BrFN2OS. The zero-order valence-corrected chi connectivity index (χ0v) is 14.4. The van der Waals surface area contributed by atoms with Gasteiger partial charge < -0.3 is 10.1 Å². The molecule has 3 atom stereocenters. The number of ether oxygens (including phenoxy) is 1. The van der Waals surface area contributed by atoms with Crippen LogP contribution in [0.4, 0.5) is 4.39 Å². The van der Waals surface area contributed by atoms with Gasteiger partial charge in [-0.2, -0.15) is 0 Å². The van der Waals surface area contributed by atoms with Crippen molar-refractivity contribution in [2.24, 2.45) is 10.9 Å². The molecule has 0 spiro atoms. The Morgan fingerprint density at radius 1 is 1.52 bits per heavy atom. The number of fused-ring (bicyclic) bond motifs is 1. The van der Waals surface area contributed by atoms with Crippen LogP contribution in [-0.2, 0) is 10.3 Å². The predicted octanol–water partition coefficient (Wildman–Crippen LogP) is 3.53. The lowest BCUT2D eigenvalue weighted by molar-refractivity contribution is 0.102. The summed E-state index contributed by atoms with van der Waals surface area (Å²) in [6.45, 7) is 0. The van der Waals surface area contributed by atoms with E-state index in [9.17, 15) is 4.39 Å². The van der Waals surface area contributed by atoms with E-state index >= 15 is 0 Å². The summed E-state index contributed by atoms with van der Waals surface area (Å²) in [4.78, 5) is 4.89. The topological polar surface area (TPSA) is 33.6 Å². The lowest BCUT2D eigenvalue weighted by atomic mass is 9.81. The van der Waals surface area contributed by atoms with Gasteiger partial charge in [0.25, 0.3) is 0 Å². The number of methoxy groups -OCH3 is 1. The Hall–Kier alpha value is -0.590. The lowest BCUT2D eigenvalue weighted by Crippen LogP contribution is -2.38. The van der Waals surface area contributed by atoms with Gasteiger partial charge in [-0.05, 0) is 24.6 Å². The molecule has 1 N–H and O–H groups in total. The Balaban J connectivity index is 2.14. The van der Waals surface area contributed by atoms with E-state index in [0.717, 1.165) is 28.2 Å². The second kappa shape index (κ2) is 5.89. The van der Waals surface area contributed by atoms with Crippen molar-refractivity contribution < 1.29 is 9.13 Å². The maximum Gasteiger partial charge on any atom is 0.157 e. The molecule has 0 amide bonds. The van der Waals surface area contributed by atoms with Gasteiger partial charge in [-0.1, -0.05) is 27.7 Å². The number of nitrogens with zero attached hydrogens (tertiary/aromatic N) is 1. The number of halogens is 2. The standard InChI is InChI=1S/C15H18BrFN2OS/c1-18-14-19-15(12-6-10(16)3-4-13(12)17)7-11(20-2)5-9(15)8-21-14/h3-4,6,9,11H,5,7-8H2,1-2H3,(H,18,19)/t9-,11-,15-/m0/s1. The molecule has 1 aromatic carbocycles. The number of aliphatic imine (C=N–C) groups is 1. The Bertz CT molecular complexity index is 583. The highest BCUT2D eigenvalue weighted by Gasteiger charge is 2.52. The van der Waals surface area contributed by atoms with Gasteiger partial charge >= 0.3 is 0 Å². The van der Waals surface area contributed by atoms with Crippen LogP contribution in [0.15, 0.2) is 27.7 Å². The molecule has 114 valence electrons. The summed E-state index contributed by atoms with van der Waals surface area (Å²) in [6.07, 6.45) is 1.79. The van der Waals surface area contributed by atoms with Crippen molar-refractivity contribution in [3.8, 4) is 0 Å². The van der Waals surface area contributed by atoms with Crippen LogP contribution in [0.25, 0.3) is 0 Å². The molecule has 3 rings (SSSR count). The van der Waals surface area contributed by atoms with E-state index in [4.69, 9.17) is 9.73 Å². The van der Waals surface area contributed by atoms with Crippen LogP contribution in [0.5, 0.6) is 0 Å². The highest BCUT2D eigenvalue weighted by atomic mass is 79.9. The first kappa shape index (κ1) is 15.3. The first-order valence-corrected chi connectivity index (χ1v) is 8.75. The SMILES string of the molecule is CNC1=N[C@@]2(c3cc(Br)ccc3F)C[C@@H](OC)C[C@H]2CS1. The summed E-state index contributed by atoms with van der Waals surface area (Å²) < 4.78 is 20.9. The summed E-state index contributed by atoms with van der Waals surface area (Å²) in [6, 6.07) is 5.11. The largest absolute Gasteiger partial charge is 0.381 e. The van der Waals surface area contributed by atoms with Gasteiger partial charge in [0.15, 0.2) is 5.17 Å². The maximum atomic E-state index is 14.5. The van der Waals surface area contributed by atoms with Gasteiger partial charge in [-0.25, -0.2) is 4.39 Å². The molecule has 1 fully saturated rings. The van der Waals surface area contributed by atoms with E-state index in [1.807, 2.05) is 13.1 Å². The summed E-state index contributed by atoms with van der Waals surface area (Å²) in [5.41, 5.74) is 0.160. The fourth-order valence-electron chi connectivity index (χ4n) is 3.37. The molecular weight excluding hydrogens is 355 g/mol. The zero-order chi connectivity index (χ0) is 15.0. The third kappa shape index (κ3) is 2.62. The molecule has 1 heterocycles. The summed E-state index contributed by atoms with van der Waals surface area (Å²) in [5, 5.41) is 3.99. The molecule has 0 aromatic heterocycles. The maximum absolute atomic E-state index is 14.5. The summed E-state index contributed by atoms with van der Waals surface area (Å²) in [5.74, 6) is 1.05. The quantitative estimate of drug-likeness (QED) is 0.861. The minimum atomic E-state index is -0.516. The van der Waals surface area contributed by atoms with Crippen LogP contribution in [-0.4, -0.2) is 31.2 Å². The average Bonchev–Trinajstić information content (AvgIpc) is 2.88. The molecule has 0 bridgehead atoms. The van der Waals surface area contributed by atoms with Crippen molar-refractivity contribution in [1.29, 1.82) is 0 Å². The molecule has 21 heavy (non-hydrogen) atoms.